The van der Waals surface area contributed by atoms with Gasteiger partial charge >= 0.3 is 0 Å². The molecular formula is C12H22N4O3S. The van der Waals surface area contributed by atoms with Crippen molar-refractivity contribution in [3.05, 3.63) is 11.8 Å². The number of aromatic nitrogens is 2. The van der Waals surface area contributed by atoms with Crippen molar-refractivity contribution in [3.8, 4) is 0 Å². The molecule has 1 unspecified atom stereocenters. The molecule has 2 N–H and O–H groups in total. The van der Waals surface area contributed by atoms with E-state index in [-0.39, 0.29) is 17.7 Å². The molecule has 2 heterocycles. The van der Waals surface area contributed by atoms with Gasteiger partial charge in [0.2, 0.25) is 0 Å². The van der Waals surface area contributed by atoms with Crippen LogP contribution in [0.4, 0.5) is 0 Å². The van der Waals surface area contributed by atoms with Gasteiger partial charge in [0.15, 0.2) is 5.03 Å². The van der Waals surface area contributed by atoms with E-state index < -0.39 is 10.0 Å². The molecule has 1 aliphatic heterocycles. The van der Waals surface area contributed by atoms with Gasteiger partial charge in [-0.2, -0.15) is 9.40 Å². The minimum Gasteiger partial charge on any atom is -0.392 e. The Labute approximate surface area is 119 Å². The number of likely N-dealkylation sites (N-methyl/N-ethyl adjacent to an activating group) is 1. The predicted octanol–water partition coefficient (Wildman–Crippen LogP) is 0.00680. The largest absolute Gasteiger partial charge is 0.392 e. The number of nitrogens with zero attached hydrogens (tertiary/aromatic N) is 3. The summed E-state index contributed by atoms with van der Waals surface area (Å²) in [5.41, 5.74) is 0.317. The Balaban J connectivity index is 2.36. The maximum absolute atomic E-state index is 12.8. The number of aliphatic hydroxyl groups is 1. The lowest BCUT2D eigenvalue weighted by molar-refractivity contribution is 0.266. The molecule has 0 aromatic carbocycles. The van der Waals surface area contributed by atoms with Crippen molar-refractivity contribution >= 4 is 10.0 Å². The minimum atomic E-state index is -3.64. The lowest BCUT2D eigenvalue weighted by Gasteiger charge is -2.29. The zero-order valence-electron chi connectivity index (χ0n) is 11.9. The van der Waals surface area contributed by atoms with Gasteiger partial charge in [0.1, 0.15) is 0 Å². The second kappa shape index (κ2) is 6.21. The van der Waals surface area contributed by atoms with E-state index in [9.17, 15) is 13.5 Å². The Hall–Kier alpha value is -0.960. The Morgan fingerprint density at radius 2 is 2.25 bits per heavy atom. The summed E-state index contributed by atoms with van der Waals surface area (Å²) in [6.07, 6.45) is 2.92. The summed E-state index contributed by atoms with van der Waals surface area (Å²) in [5, 5.41) is 15.5. The third-order valence-electron chi connectivity index (χ3n) is 3.73. The number of aromatic amines is 1. The van der Waals surface area contributed by atoms with E-state index in [0.717, 1.165) is 25.9 Å². The van der Waals surface area contributed by atoms with Gasteiger partial charge in [-0.05, 0) is 26.4 Å². The lowest BCUT2D eigenvalue weighted by atomic mass is 10.2. The van der Waals surface area contributed by atoms with Crippen molar-refractivity contribution < 1.29 is 13.5 Å². The fraction of sp³-hybridized carbons (Fsp3) is 0.750. The highest BCUT2D eigenvalue weighted by Crippen LogP contribution is 2.23. The van der Waals surface area contributed by atoms with Gasteiger partial charge in [-0.25, -0.2) is 8.42 Å². The number of hydrogen-bond donors (Lipinski definition) is 2. The van der Waals surface area contributed by atoms with Gasteiger partial charge in [0.25, 0.3) is 10.0 Å². The van der Waals surface area contributed by atoms with Crippen LogP contribution in [0, 0.1) is 0 Å². The van der Waals surface area contributed by atoms with Crippen LogP contribution in [0.5, 0.6) is 0 Å². The fourth-order valence-electron chi connectivity index (χ4n) is 2.62. The van der Waals surface area contributed by atoms with Crippen LogP contribution in [0.15, 0.2) is 11.2 Å². The van der Waals surface area contributed by atoms with Crippen LogP contribution in [0.1, 0.15) is 25.3 Å². The van der Waals surface area contributed by atoms with Crippen molar-refractivity contribution in [2.24, 2.45) is 0 Å². The number of aliphatic hydroxyl groups excluding tert-OH is 1. The SMILES string of the molecule is CCC1CN(C)CCCN1S(=O)(=O)c1[nH]ncc1CO. The highest BCUT2D eigenvalue weighted by molar-refractivity contribution is 7.89. The topological polar surface area (TPSA) is 89.5 Å². The third-order valence-corrected chi connectivity index (χ3v) is 5.70. The van der Waals surface area contributed by atoms with Crippen molar-refractivity contribution in [1.82, 2.24) is 19.4 Å². The van der Waals surface area contributed by atoms with E-state index in [2.05, 4.69) is 15.1 Å². The predicted molar refractivity (Wildman–Crippen MR) is 74.6 cm³/mol. The molecule has 1 aromatic rings. The first kappa shape index (κ1) is 15.4. The molecule has 7 nitrogen and oxygen atoms in total. The molecule has 0 saturated carbocycles. The minimum absolute atomic E-state index is 0.0167. The van der Waals surface area contributed by atoms with Gasteiger partial charge in [-0.15, -0.1) is 0 Å². The van der Waals surface area contributed by atoms with Crippen LogP contribution in [0.25, 0.3) is 0 Å². The smallest absolute Gasteiger partial charge is 0.260 e. The molecule has 1 atom stereocenters. The van der Waals surface area contributed by atoms with Gasteiger partial charge < -0.3 is 10.0 Å². The van der Waals surface area contributed by atoms with Crippen LogP contribution in [0.2, 0.25) is 0 Å². The molecule has 2 rings (SSSR count). The molecule has 1 aliphatic rings. The van der Waals surface area contributed by atoms with Gasteiger partial charge in [-0.1, -0.05) is 6.92 Å². The molecule has 114 valence electrons. The second-order valence-electron chi connectivity index (χ2n) is 5.18. The molecule has 20 heavy (non-hydrogen) atoms. The summed E-state index contributed by atoms with van der Waals surface area (Å²) in [4.78, 5) is 2.16. The highest BCUT2D eigenvalue weighted by atomic mass is 32.2. The fourth-order valence-corrected chi connectivity index (χ4v) is 4.45. The normalized spacial score (nSPS) is 22.9. The molecular weight excluding hydrogens is 280 g/mol. The summed E-state index contributed by atoms with van der Waals surface area (Å²) in [5.74, 6) is 0. The molecule has 8 heteroatoms. The second-order valence-corrected chi connectivity index (χ2v) is 7.00. The summed E-state index contributed by atoms with van der Waals surface area (Å²) in [6.45, 7) is 3.76. The summed E-state index contributed by atoms with van der Waals surface area (Å²) in [6, 6.07) is -0.0534. The van der Waals surface area contributed by atoms with Gasteiger partial charge in [0, 0.05) is 24.7 Å². The molecule has 1 fully saturated rings. The maximum Gasteiger partial charge on any atom is 0.260 e. The van der Waals surface area contributed by atoms with Crippen LogP contribution in [-0.2, 0) is 16.6 Å². The zero-order valence-corrected chi connectivity index (χ0v) is 12.7. The van der Waals surface area contributed by atoms with Crippen LogP contribution >= 0.6 is 0 Å². The summed E-state index contributed by atoms with van der Waals surface area (Å²) >= 11 is 0. The van der Waals surface area contributed by atoms with Crippen molar-refractivity contribution in [2.45, 2.75) is 37.4 Å². The number of sulfonamides is 1. The van der Waals surface area contributed by atoms with Crippen LogP contribution < -0.4 is 0 Å². The van der Waals surface area contributed by atoms with Crippen LogP contribution in [0.3, 0.4) is 0 Å². The van der Waals surface area contributed by atoms with E-state index in [1.807, 2.05) is 14.0 Å². The molecule has 0 amide bonds. The Morgan fingerprint density at radius 3 is 2.90 bits per heavy atom. The number of nitrogens with one attached hydrogen (secondary N) is 1. The van der Waals surface area contributed by atoms with Crippen molar-refractivity contribution in [2.75, 3.05) is 26.7 Å². The first-order valence-electron chi connectivity index (χ1n) is 6.84. The third kappa shape index (κ3) is 2.88. The zero-order chi connectivity index (χ0) is 14.8. The Morgan fingerprint density at radius 1 is 1.50 bits per heavy atom. The highest BCUT2D eigenvalue weighted by Gasteiger charge is 2.35. The van der Waals surface area contributed by atoms with Gasteiger partial charge in [-0.3, -0.25) is 5.10 Å². The standard InChI is InChI=1S/C12H22N4O3S/c1-3-11-8-15(2)5-4-6-16(11)20(18,19)12-10(9-17)7-13-14-12/h7,11,17H,3-6,8-9H2,1-2H3,(H,13,14). The first-order chi connectivity index (χ1) is 9.50. The van der Waals surface area contributed by atoms with E-state index >= 15 is 0 Å². The quantitative estimate of drug-likeness (QED) is 0.817. The Bertz CT molecular complexity index is 543. The monoisotopic (exact) mass is 302 g/mol. The molecule has 0 bridgehead atoms. The van der Waals surface area contributed by atoms with E-state index in [1.165, 1.54) is 6.20 Å². The number of hydrogen-bond acceptors (Lipinski definition) is 5. The van der Waals surface area contributed by atoms with E-state index in [4.69, 9.17) is 0 Å². The molecule has 0 spiro atoms. The number of H-pyrrole nitrogens is 1. The average Bonchev–Trinajstić information content (AvgIpc) is 2.82. The van der Waals surface area contributed by atoms with Crippen LogP contribution in [-0.4, -0.2) is 65.7 Å². The van der Waals surface area contributed by atoms with E-state index in [0.29, 0.717) is 12.1 Å². The number of rotatable bonds is 4. The summed E-state index contributed by atoms with van der Waals surface area (Å²) in [7, 11) is -1.63. The Kier molecular flexibility index (Phi) is 4.79. The lowest BCUT2D eigenvalue weighted by Crippen LogP contribution is -2.43. The average molecular weight is 302 g/mol. The molecule has 0 radical (unpaired) electrons. The van der Waals surface area contributed by atoms with Crippen molar-refractivity contribution in [1.29, 1.82) is 0 Å². The van der Waals surface area contributed by atoms with Crippen molar-refractivity contribution in [3.63, 3.8) is 0 Å². The molecule has 0 aliphatic carbocycles. The maximum atomic E-state index is 12.8. The molecule has 1 aromatic heterocycles. The first-order valence-corrected chi connectivity index (χ1v) is 8.28. The van der Waals surface area contributed by atoms with E-state index in [1.54, 1.807) is 4.31 Å². The molecule has 1 saturated heterocycles. The summed E-state index contributed by atoms with van der Waals surface area (Å²) < 4.78 is 27.1. The van der Waals surface area contributed by atoms with Gasteiger partial charge in [0.05, 0.1) is 12.8 Å².